The maximum absolute atomic E-state index is 12.9. The van der Waals surface area contributed by atoms with Crippen molar-refractivity contribution < 1.29 is 23.6 Å². The Morgan fingerprint density at radius 1 is 1.24 bits per heavy atom. The highest BCUT2D eigenvalue weighted by Crippen LogP contribution is 2.30. The van der Waals surface area contributed by atoms with Gasteiger partial charge in [-0.3, -0.25) is 10.1 Å². The number of piperidine rings is 1. The van der Waals surface area contributed by atoms with Crippen LogP contribution in [-0.4, -0.2) is 55.8 Å². The van der Waals surface area contributed by atoms with E-state index in [1.165, 1.54) is 25.3 Å². The molecule has 2 amide bonds. The summed E-state index contributed by atoms with van der Waals surface area (Å²) in [5.74, 6) is 0.667. The highest BCUT2D eigenvalue weighted by atomic mass is 16.6. The first kappa shape index (κ1) is 30.2. The molecule has 42 heavy (non-hydrogen) atoms. The van der Waals surface area contributed by atoms with Gasteiger partial charge >= 0.3 is 11.7 Å². The fourth-order valence-electron chi connectivity index (χ4n) is 4.71. The number of non-ortho nitro benzene ring substituents is 1. The number of nitrogens with one attached hydrogen (secondary N) is 2. The number of rotatable bonds is 10. The molecule has 1 aromatic heterocycles. The summed E-state index contributed by atoms with van der Waals surface area (Å²) in [5, 5.41) is 17.1. The molecule has 1 saturated heterocycles. The van der Waals surface area contributed by atoms with E-state index >= 15 is 0 Å². The molecule has 0 atom stereocenters. The maximum Gasteiger partial charge on any atom is 0.360 e. The van der Waals surface area contributed by atoms with Gasteiger partial charge in [0.05, 0.1) is 11.5 Å². The number of nitrogens with zero attached hydrogens (tertiary/aromatic N) is 2. The third-order valence-corrected chi connectivity index (χ3v) is 6.92. The van der Waals surface area contributed by atoms with Gasteiger partial charge in [-0.2, -0.15) is 0 Å². The van der Waals surface area contributed by atoms with E-state index in [0.29, 0.717) is 39.1 Å². The lowest BCUT2D eigenvalue weighted by atomic mass is 10.0. The van der Waals surface area contributed by atoms with Crippen molar-refractivity contribution >= 4 is 33.9 Å². The molecule has 0 unspecified atom stereocenters. The molecule has 1 aliphatic heterocycles. The summed E-state index contributed by atoms with van der Waals surface area (Å²) in [4.78, 5) is 38.8. The highest BCUT2D eigenvalue weighted by molar-refractivity contribution is 5.93. The minimum Gasteiger partial charge on any atom is -0.490 e. The van der Waals surface area contributed by atoms with Crippen LogP contribution in [0.15, 0.2) is 82.2 Å². The number of allylic oxidation sites excluding steroid dienone is 3. The number of aryl methyl sites for hydroxylation is 1. The van der Waals surface area contributed by atoms with Crippen LogP contribution in [0.1, 0.15) is 24.0 Å². The van der Waals surface area contributed by atoms with Crippen LogP contribution < -0.4 is 21.0 Å². The van der Waals surface area contributed by atoms with E-state index in [2.05, 4.69) is 29.2 Å². The number of nitro benzene ring substituents is 1. The number of fused-ring (bicyclic) bond motifs is 1. The van der Waals surface area contributed by atoms with Gasteiger partial charge in [-0.25, -0.2) is 9.59 Å². The molecule has 0 spiro atoms. The van der Waals surface area contributed by atoms with Gasteiger partial charge in [-0.1, -0.05) is 24.8 Å². The standard InChI is InChI=1S/C31H34N4O7/c1-5-7-24(16-23(19-40-4)21-8-6-9-25(17-21)35(38)39)32-31(37)33-27-18-22-10-11-28(20(2)29(22)42-30(27)36)41-26-12-14-34(3)15-13-26/h5-11,16-18,26H,1,12-15,19H2,2-4H3,(H2,32,33,37)/b23-16+,24-7+. The zero-order chi connectivity index (χ0) is 30.2. The van der Waals surface area contributed by atoms with Crippen molar-refractivity contribution in [1.82, 2.24) is 10.2 Å². The first-order valence-corrected chi connectivity index (χ1v) is 13.5. The number of carbonyl (C=O) groups excluding carboxylic acids is 1. The summed E-state index contributed by atoms with van der Waals surface area (Å²) < 4.78 is 17.1. The monoisotopic (exact) mass is 574 g/mol. The molecule has 0 radical (unpaired) electrons. The van der Waals surface area contributed by atoms with Crippen molar-refractivity contribution in [2.45, 2.75) is 25.9 Å². The molecule has 4 rings (SSSR count). The highest BCUT2D eigenvalue weighted by Gasteiger charge is 2.20. The number of urea groups is 1. The topological polar surface area (TPSA) is 136 Å². The Labute approximate surface area is 243 Å². The van der Waals surface area contributed by atoms with Crippen molar-refractivity contribution in [2.75, 3.05) is 39.2 Å². The summed E-state index contributed by atoms with van der Waals surface area (Å²) in [6.45, 7) is 7.57. The Balaban J connectivity index is 1.52. The minimum absolute atomic E-state index is 0.0406. The molecule has 3 aromatic rings. The van der Waals surface area contributed by atoms with Crippen molar-refractivity contribution in [1.29, 1.82) is 0 Å². The predicted octanol–water partition coefficient (Wildman–Crippen LogP) is 5.40. The zero-order valence-corrected chi connectivity index (χ0v) is 23.8. The SMILES string of the molecule is C=C/C=C(\C=C(/COC)c1cccc([N+](=O)[O-])c1)NC(=O)Nc1cc2ccc(OC3CCN(C)CC3)c(C)c2oc1=O. The number of nitro groups is 1. The molecular formula is C31H34N4O7. The predicted molar refractivity (Wildman–Crippen MR) is 162 cm³/mol. The molecular weight excluding hydrogens is 540 g/mol. The third kappa shape index (κ3) is 7.50. The maximum atomic E-state index is 12.9. The lowest BCUT2D eigenvalue weighted by molar-refractivity contribution is -0.384. The molecule has 0 aliphatic carbocycles. The van der Waals surface area contributed by atoms with Crippen molar-refractivity contribution in [3.8, 4) is 5.75 Å². The van der Waals surface area contributed by atoms with E-state index in [1.54, 1.807) is 36.4 Å². The first-order chi connectivity index (χ1) is 20.2. The third-order valence-electron chi connectivity index (χ3n) is 6.92. The van der Waals surface area contributed by atoms with Gasteiger partial charge in [0, 0.05) is 49.0 Å². The first-order valence-electron chi connectivity index (χ1n) is 13.5. The van der Waals surface area contributed by atoms with E-state index in [1.807, 2.05) is 13.0 Å². The molecule has 2 N–H and O–H groups in total. The Bertz CT molecular complexity index is 1600. The van der Waals surface area contributed by atoms with Gasteiger partial charge < -0.3 is 29.4 Å². The number of likely N-dealkylation sites (tertiary alicyclic amines) is 1. The molecule has 220 valence electrons. The average Bonchev–Trinajstić information content (AvgIpc) is 2.96. The van der Waals surface area contributed by atoms with E-state index in [9.17, 15) is 19.7 Å². The van der Waals surface area contributed by atoms with Crippen LogP contribution in [0.3, 0.4) is 0 Å². The number of ether oxygens (including phenoxy) is 2. The largest absolute Gasteiger partial charge is 0.490 e. The molecule has 2 aromatic carbocycles. The summed E-state index contributed by atoms with van der Waals surface area (Å²) in [7, 11) is 3.58. The Kier molecular flexibility index (Phi) is 9.89. The Hall–Kier alpha value is -4.74. The van der Waals surface area contributed by atoms with Gasteiger partial charge in [0.25, 0.3) is 5.69 Å². The van der Waals surface area contributed by atoms with Crippen LogP contribution in [0.5, 0.6) is 5.75 Å². The number of amides is 2. The van der Waals surface area contributed by atoms with Crippen LogP contribution in [-0.2, 0) is 4.74 Å². The van der Waals surface area contributed by atoms with Crippen LogP contribution in [0.4, 0.5) is 16.2 Å². The summed E-state index contributed by atoms with van der Waals surface area (Å²) >= 11 is 0. The lowest BCUT2D eigenvalue weighted by Gasteiger charge is -2.29. The molecule has 2 heterocycles. The molecule has 1 fully saturated rings. The second kappa shape index (κ2) is 13.7. The van der Waals surface area contributed by atoms with Gasteiger partial charge in [0.2, 0.25) is 0 Å². The van der Waals surface area contributed by atoms with Crippen molar-refractivity contribution in [2.24, 2.45) is 0 Å². The summed E-state index contributed by atoms with van der Waals surface area (Å²) in [6.07, 6.45) is 6.58. The summed E-state index contributed by atoms with van der Waals surface area (Å²) in [6, 6.07) is 10.6. The van der Waals surface area contributed by atoms with Gasteiger partial charge in [0.15, 0.2) is 0 Å². The fraction of sp³-hybridized carbons (Fsp3) is 0.290. The second-order valence-corrected chi connectivity index (χ2v) is 10.0. The number of benzene rings is 2. The Morgan fingerprint density at radius 2 is 2.00 bits per heavy atom. The number of carbonyl (C=O) groups is 1. The number of methoxy groups -OCH3 is 1. The van der Waals surface area contributed by atoms with Crippen LogP contribution in [0.2, 0.25) is 0 Å². The molecule has 1 aliphatic rings. The molecule has 0 bridgehead atoms. The molecule has 11 heteroatoms. The van der Waals surface area contributed by atoms with Crippen LogP contribution in [0, 0.1) is 17.0 Å². The smallest absolute Gasteiger partial charge is 0.360 e. The zero-order valence-electron chi connectivity index (χ0n) is 23.8. The van der Waals surface area contributed by atoms with Gasteiger partial charge in [0.1, 0.15) is 23.1 Å². The summed E-state index contributed by atoms with van der Waals surface area (Å²) in [5.41, 5.74) is 1.73. The Morgan fingerprint density at radius 3 is 2.69 bits per heavy atom. The minimum atomic E-state index is -0.710. The van der Waals surface area contributed by atoms with Crippen LogP contribution >= 0.6 is 0 Å². The average molecular weight is 575 g/mol. The van der Waals surface area contributed by atoms with Crippen LogP contribution in [0.25, 0.3) is 16.5 Å². The van der Waals surface area contributed by atoms with E-state index in [4.69, 9.17) is 13.9 Å². The molecule has 0 saturated carbocycles. The lowest BCUT2D eigenvalue weighted by Crippen LogP contribution is -2.35. The van der Waals surface area contributed by atoms with E-state index in [-0.39, 0.29) is 24.1 Å². The van der Waals surface area contributed by atoms with E-state index < -0.39 is 16.6 Å². The molecule has 11 nitrogen and oxygen atoms in total. The van der Waals surface area contributed by atoms with E-state index in [0.717, 1.165) is 25.9 Å². The fourth-order valence-corrected chi connectivity index (χ4v) is 4.71. The van der Waals surface area contributed by atoms with Crippen molar-refractivity contribution in [3.63, 3.8) is 0 Å². The van der Waals surface area contributed by atoms with Gasteiger partial charge in [-0.05, 0) is 68.3 Å². The van der Waals surface area contributed by atoms with Gasteiger partial charge in [-0.15, -0.1) is 0 Å². The van der Waals surface area contributed by atoms with Crippen molar-refractivity contribution in [3.05, 3.63) is 105 Å². The number of hydrogen-bond donors (Lipinski definition) is 2. The second-order valence-electron chi connectivity index (χ2n) is 10.0. The normalized spacial score (nSPS) is 14.9. The number of anilines is 1. The number of hydrogen-bond acceptors (Lipinski definition) is 8. The quantitative estimate of drug-likeness (QED) is 0.142.